The molecule has 2 saturated heterocycles. The number of hydrogen-bond donors (Lipinski definition) is 1. The summed E-state index contributed by atoms with van der Waals surface area (Å²) in [7, 11) is 0. The van der Waals surface area contributed by atoms with Crippen LogP contribution in [0.4, 0.5) is 5.82 Å². The van der Waals surface area contributed by atoms with Gasteiger partial charge in [-0.2, -0.15) is 5.10 Å². The lowest BCUT2D eigenvalue weighted by Crippen LogP contribution is -2.50. The Morgan fingerprint density at radius 1 is 1.38 bits per heavy atom. The molecule has 6 nitrogen and oxygen atoms in total. The zero-order valence-electron chi connectivity index (χ0n) is 14.5. The predicted octanol–water partition coefficient (Wildman–Crippen LogP) is 1.85. The zero-order valence-corrected chi connectivity index (χ0v) is 14.5. The molecule has 3 rings (SSSR count). The summed E-state index contributed by atoms with van der Waals surface area (Å²) in [6.07, 6.45) is 2.65. The number of carbonyl (C=O) groups is 1. The minimum Gasteiger partial charge on any atom is -0.373 e. The van der Waals surface area contributed by atoms with Crippen LogP contribution in [0, 0.1) is 12.8 Å². The molecule has 1 aromatic rings. The van der Waals surface area contributed by atoms with Gasteiger partial charge in [-0.15, -0.1) is 5.10 Å². The summed E-state index contributed by atoms with van der Waals surface area (Å²) >= 11 is 0. The lowest BCUT2D eigenvalue weighted by molar-refractivity contribution is -0.126. The van der Waals surface area contributed by atoms with Gasteiger partial charge in [0.05, 0.1) is 17.7 Å². The molecule has 0 aliphatic carbocycles. The maximum Gasteiger partial charge on any atom is 0.226 e. The average Bonchev–Trinajstić information content (AvgIpc) is 3.06. The standard InChI is InChI=1S/C18H26N4O2/c1-12(2)17-15(8-10-24-17)18(23)19-14-5-4-9-22(11-14)16-7-6-13(3)20-21-16/h6-7,14-15,17H,1,4-5,8-11H2,2-3H3,(H,19,23)/t14-,15-,17-/m1/s1. The van der Waals surface area contributed by atoms with Gasteiger partial charge in [0.1, 0.15) is 0 Å². The largest absolute Gasteiger partial charge is 0.373 e. The first-order valence-corrected chi connectivity index (χ1v) is 8.67. The number of anilines is 1. The third-order valence-corrected chi connectivity index (χ3v) is 4.79. The first kappa shape index (κ1) is 16.9. The Kier molecular flexibility index (Phi) is 5.14. The quantitative estimate of drug-likeness (QED) is 0.854. The third-order valence-electron chi connectivity index (χ3n) is 4.79. The van der Waals surface area contributed by atoms with E-state index in [1.807, 2.05) is 26.0 Å². The highest BCUT2D eigenvalue weighted by atomic mass is 16.5. The summed E-state index contributed by atoms with van der Waals surface area (Å²) in [6, 6.07) is 4.10. The van der Waals surface area contributed by atoms with Crippen LogP contribution in [0.1, 0.15) is 31.9 Å². The molecular formula is C18H26N4O2. The van der Waals surface area contributed by atoms with Crippen LogP contribution in [-0.4, -0.2) is 47.9 Å². The zero-order chi connectivity index (χ0) is 17.1. The minimum atomic E-state index is -0.146. The second-order valence-electron chi connectivity index (χ2n) is 6.86. The first-order chi connectivity index (χ1) is 11.5. The van der Waals surface area contributed by atoms with Gasteiger partial charge in [0.15, 0.2) is 5.82 Å². The van der Waals surface area contributed by atoms with E-state index in [1.165, 1.54) is 0 Å². The number of carbonyl (C=O) groups excluding carboxylic acids is 1. The smallest absolute Gasteiger partial charge is 0.226 e. The van der Waals surface area contributed by atoms with Gasteiger partial charge >= 0.3 is 0 Å². The maximum atomic E-state index is 12.6. The molecule has 24 heavy (non-hydrogen) atoms. The van der Waals surface area contributed by atoms with Crippen LogP contribution in [0.3, 0.4) is 0 Å². The van der Waals surface area contributed by atoms with Crippen molar-refractivity contribution < 1.29 is 9.53 Å². The number of amides is 1. The van der Waals surface area contributed by atoms with Gasteiger partial charge in [-0.05, 0) is 45.2 Å². The van der Waals surface area contributed by atoms with Crippen LogP contribution in [0.15, 0.2) is 24.3 Å². The molecule has 1 aromatic heterocycles. The van der Waals surface area contributed by atoms with E-state index >= 15 is 0 Å². The van der Waals surface area contributed by atoms with E-state index in [9.17, 15) is 4.79 Å². The molecular weight excluding hydrogens is 304 g/mol. The maximum absolute atomic E-state index is 12.6. The van der Waals surface area contributed by atoms with Crippen molar-refractivity contribution in [2.75, 3.05) is 24.6 Å². The molecule has 6 heteroatoms. The molecule has 2 aliphatic heterocycles. The van der Waals surface area contributed by atoms with Gasteiger partial charge in [-0.25, -0.2) is 0 Å². The summed E-state index contributed by atoms with van der Waals surface area (Å²) in [5.74, 6) is 0.850. The van der Waals surface area contributed by atoms with Gasteiger partial charge in [-0.3, -0.25) is 4.79 Å². The number of nitrogens with one attached hydrogen (secondary N) is 1. The van der Waals surface area contributed by atoms with E-state index in [-0.39, 0.29) is 24.0 Å². The molecule has 1 amide bonds. The number of rotatable bonds is 4. The lowest BCUT2D eigenvalue weighted by Gasteiger charge is -2.34. The third kappa shape index (κ3) is 3.75. The normalized spacial score (nSPS) is 27.1. The number of piperidine rings is 1. The molecule has 2 aliphatic rings. The van der Waals surface area contributed by atoms with Gasteiger partial charge < -0.3 is 15.0 Å². The molecule has 130 valence electrons. The summed E-state index contributed by atoms with van der Waals surface area (Å²) in [4.78, 5) is 14.8. The Morgan fingerprint density at radius 3 is 2.92 bits per heavy atom. The van der Waals surface area contributed by atoms with Gasteiger partial charge in [0, 0.05) is 25.7 Å². The number of ether oxygens (including phenoxy) is 1. The van der Waals surface area contributed by atoms with Crippen molar-refractivity contribution in [3.63, 3.8) is 0 Å². The highest BCUT2D eigenvalue weighted by Crippen LogP contribution is 2.26. The molecule has 3 atom stereocenters. The monoisotopic (exact) mass is 330 g/mol. The number of nitrogens with zero attached hydrogens (tertiary/aromatic N) is 3. The Labute approximate surface area is 143 Å². The van der Waals surface area contributed by atoms with Crippen molar-refractivity contribution in [1.82, 2.24) is 15.5 Å². The second-order valence-corrected chi connectivity index (χ2v) is 6.86. The van der Waals surface area contributed by atoms with Crippen molar-refractivity contribution in [3.8, 4) is 0 Å². The van der Waals surface area contributed by atoms with Crippen molar-refractivity contribution in [2.24, 2.45) is 5.92 Å². The average molecular weight is 330 g/mol. The van der Waals surface area contributed by atoms with Gasteiger partial charge in [0.25, 0.3) is 0 Å². The Morgan fingerprint density at radius 2 is 2.21 bits per heavy atom. The van der Waals surface area contributed by atoms with Crippen molar-refractivity contribution in [2.45, 2.75) is 45.3 Å². The van der Waals surface area contributed by atoms with Crippen LogP contribution < -0.4 is 10.2 Å². The second kappa shape index (κ2) is 7.30. The predicted molar refractivity (Wildman–Crippen MR) is 92.8 cm³/mol. The van der Waals surface area contributed by atoms with Crippen molar-refractivity contribution in [3.05, 3.63) is 30.0 Å². The molecule has 0 bridgehead atoms. The van der Waals surface area contributed by atoms with Crippen LogP contribution in [0.25, 0.3) is 0 Å². The molecule has 2 fully saturated rings. The van der Waals surface area contributed by atoms with E-state index in [4.69, 9.17) is 4.74 Å². The molecule has 0 radical (unpaired) electrons. The van der Waals surface area contributed by atoms with E-state index in [2.05, 4.69) is 27.0 Å². The summed E-state index contributed by atoms with van der Waals surface area (Å²) in [6.45, 7) is 10.2. The Bertz CT molecular complexity index is 602. The van der Waals surface area contributed by atoms with Gasteiger partial charge in [0.2, 0.25) is 5.91 Å². The fourth-order valence-corrected chi connectivity index (χ4v) is 3.52. The highest BCUT2D eigenvalue weighted by Gasteiger charge is 2.35. The Balaban J connectivity index is 1.60. The number of hydrogen-bond acceptors (Lipinski definition) is 5. The SMILES string of the molecule is C=C(C)[C@H]1OCC[C@H]1C(=O)N[C@@H]1CCCN(c2ccc(C)nn2)C1. The topological polar surface area (TPSA) is 67.3 Å². The molecule has 0 spiro atoms. The van der Waals surface area contributed by atoms with E-state index in [1.54, 1.807) is 0 Å². The molecule has 0 aromatic carbocycles. The van der Waals surface area contributed by atoms with E-state index in [0.717, 1.165) is 49.4 Å². The summed E-state index contributed by atoms with van der Waals surface area (Å²) < 4.78 is 5.65. The first-order valence-electron chi connectivity index (χ1n) is 8.67. The van der Waals surface area contributed by atoms with Crippen LogP contribution in [-0.2, 0) is 9.53 Å². The summed E-state index contributed by atoms with van der Waals surface area (Å²) in [5, 5.41) is 11.6. The van der Waals surface area contributed by atoms with E-state index < -0.39 is 0 Å². The molecule has 0 unspecified atom stereocenters. The number of aromatic nitrogens is 2. The molecule has 3 heterocycles. The van der Waals surface area contributed by atoms with Crippen molar-refractivity contribution in [1.29, 1.82) is 0 Å². The lowest BCUT2D eigenvalue weighted by atomic mass is 9.95. The molecule has 0 saturated carbocycles. The van der Waals surface area contributed by atoms with E-state index in [0.29, 0.717) is 6.61 Å². The van der Waals surface area contributed by atoms with Crippen molar-refractivity contribution >= 4 is 11.7 Å². The van der Waals surface area contributed by atoms with Crippen LogP contribution >= 0.6 is 0 Å². The van der Waals surface area contributed by atoms with Crippen LogP contribution in [0.5, 0.6) is 0 Å². The molecule has 1 N–H and O–H groups in total. The summed E-state index contributed by atoms with van der Waals surface area (Å²) in [5.41, 5.74) is 1.83. The fourth-order valence-electron chi connectivity index (χ4n) is 3.52. The van der Waals surface area contributed by atoms with Crippen LogP contribution in [0.2, 0.25) is 0 Å². The number of aryl methyl sites for hydroxylation is 1. The fraction of sp³-hybridized carbons (Fsp3) is 0.611. The van der Waals surface area contributed by atoms with Gasteiger partial charge in [-0.1, -0.05) is 12.2 Å². The highest BCUT2D eigenvalue weighted by molar-refractivity contribution is 5.80. The Hall–Kier alpha value is -1.95. The minimum absolute atomic E-state index is 0.0855.